The van der Waals surface area contributed by atoms with E-state index in [0.29, 0.717) is 0 Å². The standard InChI is InChI=1S/C8H6F12O/c9-5(10,11)1-3(7(15,16)17)21-4(8(18,19)20)2-6(12,13)14/h3-4H,1-2H2. The first-order valence-corrected chi connectivity index (χ1v) is 4.84. The van der Waals surface area contributed by atoms with Crippen LogP contribution in [0.4, 0.5) is 52.7 Å². The number of hydrogen-bond donors (Lipinski definition) is 0. The van der Waals surface area contributed by atoms with Crippen molar-refractivity contribution in [1.82, 2.24) is 0 Å². The second-order valence-electron chi connectivity index (χ2n) is 3.84. The van der Waals surface area contributed by atoms with E-state index < -0.39 is 49.8 Å². The highest BCUT2D eigenvalue weighted by molar-refractivity contribution is 4.79. The molecule has 2 atom stereocenters. The lowest BCUT2D eigenvalue weighted by Crippen LogP contribution is -2.45. The first-order chi connectivity index (χ1) is 8.92. The molecule has 0 bridgehead atoms. The molecule has 1 nitrogen and oxygen atoms in total. The molecule has 13 heteroatoms. The van der Waals surface area contributed by atoms with Crippen molar-refractivity contribution in [3.8, 4) is 0 Å². The van der Waals surface area contributed by atoms with E-state index in [9.17, 15) is 52.7 Å². The number of rotatable bonds is 4. The largest absolute Gasteiger partial charge is 0.414 e. The summed E-state index contributed by atoms with van der Waals surface area (Å²) in [5, 5.41) is 0. The van der Waals surface area contributed by atoms with E-state index in [0.717, 1.165) is 0 Å². The molecule has 0 spiro atoms. The maximum atomic E-state index is 12.2. The molecule has 0 aromatic rings. The summed E-state index contributed by atoms with van der Waals surface area (Å²) in [5.74, 6) is 0. The van der Waals surface area contributed by atoms with Crippen LogP contribution in [0.15, 0.2) is 0 Å². The number of halogens is 12. The Labute approximate surface area is 108 Å². The minimum Gasteiger partial charge on any atom is -0.355 e. The third-order valence-corrected chi connectivity index (χ3v) is 1.89. The first kappa shape index (κ1) is 20.1. The van der Waals surface area contributed by atoms with Gasteiger partial charge in [0.2, 0.25) is 0 Å². The minimum atomic E-state index is -5.91. The smallest absolute Gasteiger partial charge is 0.355 e. The Morgan fingerprint density at radius 3 is 0.905 bits per heavy atom. The van der Waals surface area contributed by atoms with Gasteiger partial charge in [0, 0.05) is 0 Å². The van der Waals surface area contributed by atoms with Crippen LogP contribution < -0.4 is 0 Å². The van der Waals surface area contributed by atoms with Crippen LogP contribution in [0, 0.1) is 0 Å². The number of hydrogen-bond acceptors (Lipinski definition) is 1. The average molecular weight is 346 g/mol. The van der Waals surface area contributed by atoms with Gasteiger partial charge in [-0.1, -0.05) is 0 Å². The molecule has 0 aliphatic rings. The van der Waals surface area contributed by atoms with Crippen LogP contribution in [0.2, 0.25) is 0 Å². The summed E-state index contributed by atoms with van der Waals surface area (Å²) in [6.07, 6.45) is -36.8. The van der Waals surface area contributed by atoms with Gasteiger partial charge in [-0.05, 0) is 0 Å². The molecule has 0 fully saturated rings. The van der Waals surface area contributed by atoms with E-state index in [1.807, 2.05) is 0 Å². The molecule has 0 aromatic heterocycles. The van der Waals surface area contributed by atoms with Crippen LogP contribution in [0.5, 0.6) is 0 Å². The Morgan fingerprint density at radius 2 is 0.762 bits per heavy atom. The quantitative estimate of drug-likeness (QED) is 0.667. The summed E-state index contributed by atoms with van der Waals surface area (Å²) in [5.41, 5.74) is 0. The predicted octanol–water partition coefficient (Wildman–Crippen LogP) is 4.77. The van der Waals surface area contributed by atoms with Gasteiger partial charge in [-0.25, -0.2) is 0 Å². The molecular weight excluding hydrogens is 340 g/mol. The van der Waals surface area contributed by atoms with E-state index in [-0.39, 0.29) is 0 Å². The van der Waals surface area contributed by atoms with E-state index in [4.69, 9.17) is 0 Å². The second kappa shape index (κ2) is 6.08. The van der Waals surface area contributed by atoms with Crippen molar-refractivity contribution in [2.45, 2.75) is 49.8 Å². The van der Waals surface area contributed by atoms with Crippen molar-refractivity contribution in [1.29, 1.82) is 0 Å². The van der Waals surface area contributed by atoms with Crippen LogP contribution in [0.1, 0.15) is 12.8 Å². The van der Waals surface area contributed by atoms with E-state index in [2.05, 4.69) is 4.74 Å². The summed E-state index contributed by atoms with van der Waals surface area (Å²) in [6, 6.07) is 0. The third-order valence-electron chi connectivity index (χ3n) is 1.89. The van der Waals surface area contributed by atoms with Gasteiger partial charge < -0.3 is 4.74 Å². The molecule has 0 saturated carbocycles. The van der Waals surface area contributed by atoms with Crippen molar-refractivity contribution >= 4 is 0 Å². The topological polar surface area (TPSA) is 9.23 Å². The molecule has 0 saturated heterocycles. The van der Waals surface area contributed by atoms with Crippen molar-refractivity contribution in [3.05, 3.63) is 0 Å². The first-order valence-electron chi connectivity index (χ1n) is 4.84. The predicted molar refractivity (Wildman–Crippen MR) is 42.1 cm³/mol. The molecule has 0 aliphatic heterocycles. The molecule has 0 N–H and O–H groups in total. The average Bonchev–Trinajstić information content (AvgIpc) is 2.07. The SMILES string of the molecule is FC(F)(F)CC(OC(CC(F)(F)F)C(F)(F)F)C(F)(F)F. The van der Waals surface area contributed by atoms with E-state index in [1.165, 1.54) is 0 Å². The lowest BCUT2D eigenvalue weighted by atomic mass is 10.2. The van der Waals surface area contributed by atoms with Gasteiger partial charge in [-0.15, -0.1) is 0 Å². The van der Waals surface area contributed by atoms with Gasteiger partial charge in [0.1, 0.15) is 0 Å². The molecule has 0 aromatic carbocycles. The highest BCUT2D eigenvalue weighted by Crippen LogP contribution is 2.39. The second-order valence-corrected chi connectivity index (χ2v) is 3.84. The molecule has 128 valence electrons. The van der Waals surface area contributed by atoms with Crippen LogP contribution in [0.25, 0.3) is 0 Å². The van der Waals surface area contributed by atoms with E-state index >= 15 is 0 Å². The van der Waals surface area contributed by atoms with Crippen LogP contribution in [-0.4, -0.2) is 36.9 Å². The normalized spacial score (nSPS) is 17.7. The molecule has 0 rings (SSSR count). The molecule has 0 aliphatic carbocycles. The van der Waals surface area contributed by atoms with Gasteiger partial charge in [-0.3, -0.25) is 0 Å². The van der Waals surface area contributed by atoms with Crippen molar-refractivity contribution in [2.75, 3.05) is 0 Å². The lowest BCUT2D eigenvalue weighted by Gasteiger charge is -2.29. The maximum Gasteiger partial charge on any atom is 0.414 e. The van der Waals surface area contributed by atoms with Gasteiger partial charge in [-0.2, -0.15) is 52.7 Å². The summed E-state index contributed by atoms with van der Waals surface area (Å²) in [4.78, 5) is 0. The number of alkyl halides is 12. The van der Waals surface area contributed by atoms with Crippen LogP contribution >= 0.6 is 0 Å². The van der Waals surface area contributed by atoms with Gasteiger partial charge in [0.25, 0.3) is 0 Å². The van der Waals surface area contributed by atoms with Crippen molar-refractivity contribution in [3.63, 3.8) is 0 Å². The van der Waals surface area contributed by atoms with Crippen LogP contribution in [-0.2, 0) is 4.74 Å². The summed E-state index contributed by atoms with van der Waals surface area (Å²) >= 11 is 0. The van der Waals surface area contributed by atoms with Crippen LogP contribution in [0.3, 0.4) is 0 Å². The van der Waals surface area contributed by atoms with Gasteiger partial charge in [0.05, 0.1) is 12.8 Å². The molecule has 0 heterocycles. The van der Waals surface area contributed by atoms with Crippen molar-refractivity contribution in [2.24, 2.45) is 0 Å². The number of ether oxygens (including phenoxy) is 1. The fraction of sp³-hybridized carbons (Fsp3) is 1.00. The Hall–Kier alpha value is -0.880. The fourth-order valence-corrected chi connectivity index (χ4v) is 1.10. The highest BCUT2D eigenvalue weighted by atomic mass is 19.4. The molecule has 0 radical (unpaired) electrons. The zero-order valence-electron chi connectivity index (χ0n) is 9.51. The summed E-state index contributed by atoms with van der Waals surface area (Å²) in [7, 11) is 0. The lowest BCUT2D eigenvalue weighted by molar-refractivity contribution is -0.317. The summed E-state index contributed by atoms with van der Waals surface area (Å²) in [6.45, 7) is 0. The zero-order valence-corrected chi connectivity index (χ0v) is 9.51. The zero-order chi connectivity index (χ0) is 17.3. The fourth-order valence-electron chi connectivity index (χ4n) is 1.10. The summed E-state index contributed by atoms with van der Waals surface area (Å²) < 4.78 is 147. The van der Waals surface area contributed by atoms with Crippen molar-refractivity contribution < 1.29 is 57.4 Å². The molecule has 21 heavy (non-hydrogen) atoms. The van der Waals surface area contributed by atoms with Gasteiger partial charge in [0.15, 0.2) is 12.2 Å². The van der Waals surface area contributed by atoms with E-state index in [1.54, 1.807) is 0 Å². The Bertz CT molecular complexity index is 288. The Balaban J connectivity index is 5.23. The molecular formula is C8H6F12O. The monoisotopic (exact) mass is 346 g/mol. The molecule has 0 amide bonds. The molecule has 2 unspecified atom stereocenters. The minimum absolute atomic E-state index is 2.89. The Kier molecular flexibility index (Phi) is 5.83. The highest BCUT2D eigenvalue weighted by Gasteiger charge is 2.54. The maximum absolute atomic E-state index is 12.2. The third kappa shape index (κ3) is 8.88. The van der Waals surface area contributed by atoms with Gasteiger partial charge >= 0.3 is 24.7 Å². The Morgan fingerprint density at radius 1 is 0.524 bits per heavy atom.